The van der Waals surface area contributed by atoms with Crippen LogP contribution in [0.4, 0.5) is 17.1 Å². The maximum Gasteiger partial charge on any atom is 0.0541 e. The number of nitrogens with zero attached hydrogens (tertiary/aromatic N) is 4. The van der Waals surface area contributed by atoms with Crippen molar-refractivity contribution in [3.8, 4) is 11.4 Å². The van der Waals surface area contributed by atoms with Crippen LogP contribution in [0.2, 0.25) is 0 Å². The van der Waals surface area contributed by atoms with Gasteiger partial charge in [-0.25, -0.2) is 0 Å². The Bertz CT molecular complexity index is 4460. The van der Waals surface area contributed by atoms with Crippen molar-refractivity contribution < 1.29 is 0 Å². The van der Waals surface area contributed by atoms with Crippen LogP contribution in [-0.4, -0.2) is 9.13 Å². The minimum atomic E-state index is 0.0257. The van der Waals surface area contributed by atoms with E-state index in [-0.39, 0.29) is 33.5 Å². The number of aromatic nitrogens is 2. The van der Waals surface area contributed by atoms with Crippen LogP contribution >= 0.6 is 0 Å². The molecule has 0 aliphatic heterocycles. The number of anilines is 3. The van der Waals surface area contributed by atoms with Crippen molar-refractivity contribution in [3.63, 3.8) is 0 Å². The van der Waals surface area contributed by atoms with Gasteiger partial charge in [0.2, 0.25) is 0 Å². The van der Waals surface area contributed by atoms with Crippen molar-refractivity contribution in [1.82, 2.24) is 9.13 Å². The van der Waals surface area contributed by atoms with Gasteiger partial charge < -0.3 is 18.9 Å². The molecule has 9 aromatic carbocycles. The van der Waals surface area contributed by atoms with E-state index in [0.29, 0.717) is 0 Å². The average Bonchev–Trinajstić information content (AvgIpc) is 3.47. The molecule has 84 heavy (non-hydrogen) atoms. The Morgan fingerprint density at radius 2 is 0.798 bits per heavy atom. The summed E-state index contributed by atoms with van der Waals surface area (Å²) in [5.41, 5.74) is 19.9. The molecule has 2 aliphatic carbocycles. The van der Waals surface area contributed by atoms with Crippen LogP contribution in [0, 0.1) is 11.8 Å². The fourth-order valence-electron chi connectivity index (χ4n) is 13.4. The highest BCUT2D eigenvalue weighted by Crippen LogP contribution is 2.45. The van der Waals surface area contributed by atoms with E-state index in [1.807, 2.05) is 0 Å². The second kappa shape index (κ2) is 20.2. The Morgan fingerprint density at radius 1 is 0.381 bits per heavy atom. The highest BCUT2D eigenvalue weighted by atomic mass is 15.2. The van der Waals surface area contributed by atoms with Gasteiger partial charge in [0.25, 0.3) is 0 Å². The van der Waals surface area contributed by atoms with Crippen LogP contribution < -0.4 is 20.2 Å². The third-order valence-electron chi connectivity index (χ3n) is 18.4. The summed E-state index contributed by atoms with van der Waals surface area (Å²) < 4.78 is 4.96. The van der Waals surface area contributed by atoms with Gasteiger partial charge >= 0.3 is 0 Å². The number of rotatable bonds is 8. The molecule has 4 nitrogen and oxygen atoms in total. The van der Waals surface area contributed by atoms with Gasteiger partial charge in [-0.1, -0.05) is 194 Å². The molecule has 2 unspecified atom stereocenters. The monoisotopic (exact) mass is 1100 g/mol. The van der Waals surface area contributed by atoms with Crippen LogP contribution in [0.15, 0.2) is 212 Å². The minimum absolute atomic E-state index is 0.0257. The molecule has 0 spiro atoms. The van der Waals surface area contributed by atoms with Crippen LogP contribution in [-0.2, 0) is 21.7 Å². The quantitative estimate of drug-likeness (QED) is 0.151. The van der Waals surface area contributed by atoms with Crippen molar-refractivity contribution in [2.45, 2.75) is 131 Å². The molecule has 2 atom stereocenters. The van der Waals surface area contributed by atoms with Gasteiger partial charge in [-0.15, -0.1) is 0 Å². The van der Waals surface area contributed by atoms with Gasteiger partial charge in [-0.05, 0) is 177 Å². The van der Waals surface area contributed by atoms with Crippen molar-refractivity contribution in [1.29, 1.82) is 0 Å². The summed E-state index contributed by atoms with van der Waals surface area (Å²) in [4.78, 5) is 5.17. The fraction of sp³-hybridized carbons (Fsp3) is 0.275. The van der Waals surface area contributed by atoms with Gasteiger partial charge in [0, 0.05) is 83.8 Å². The molecule has 0 saturated carbocycles. The molecule has 0 N–H and O–H groups in total. The van der Waals surface area contributed by atoms with E-state index in [9.17, 15) is 0 Å². The predicted molar refractivity (Wildman–Crippen MR) is 362 cm³/mol. The molecule has 4 heteroatoms. The second-order valence-electron chi connectivity index (χ2n) is 28.4. The Morgan fingerprint density at radius 3 is 1.27 bits per heavy atom. The van der Waals surface area contributed by atoms with E-state index < -0.39 is 0 Å². The van der Waals surface area contributed by atoms with Gasteiger partial charge in [-0.2, -0.15) is 0 Å². The first-order chi connectivity index (χ1) is 40.0. The molecule has 0 saturated heterocycles. The molecule has 2 aromatic heterocycles. The van der Waals surface area contributed by atoms with Crippen LogP contribution in [0.5, 0.6) is 0 Å². The van der Waals surface area contributed by atoms with Gasteiger partial charge in [0.05, 0.1) is 27.8 Å². The number of allylic oxidation sites excluding steroid dienone is 3. The Labute approximate surface area is 498 Å². The Balaban J connectivity index is 0.972. The Hall–Kier alpha value is -8.34. The number of hydrogen-bond donors (Lipinski definition) is 0. The molecular weight excluding hydrogens is 1020 g/mol. The number of hydrogen-bond acceptors (Lipinski definition) is 2. The minimum Gasteiger partial charge on any atom is -0.314 e. The van der Waals surface area contributed by atoms with E-state index >= 15 is 0 Å². The molecular formula is C80H82N4. The smallest absolute Gasteiger partial charge is 0.0541 e. The average molecular weight is 1100 g/mol. The number of fused-ring (bicyclic) bond motifs is 8. The zero-order valence-corrected chi connectivity index (χ0v) is 52.0. The number of benzene rings is 9. The summed E-state index contributed by atoms with van der Waals surface area (Å²) in [6, 6.07) is 72.0. The SMILES string of the molecule is CC1CC=C(N(C2=c3ccccc3=CCC2C)c2ccc(-n3c4ccc(C(C)(C)C)cc4c4cc(C(C)(C)C)ccc43)cc2)C=C1N(c1ccc(-n2c3ccc(C(C)(C)C)cc3c3cc(C(C)(C)C)ccc32)cc1)c1cccc2ccccc12. The third kappa shape index (κ3) is 9.56. The zero-order chi connectivity index (χ0) is 58.8. The first kappa shape index (κ1) is 54.9. The zero-order valence-electron chi connectivity index (χ0n) is 52.0. The molecule has 11 aromatic rings. The predicted octanol–water partition coefficient (Wildman–Crippen LogP) is 20.3. The van der Waals surface area contributed by atoms with E-state index in [2.05, 4.69) is 322 Å². The molecule has 13 rings (SSSR count). The molecule has 0 amide bonds. The maximum atomic E-state index is 2.60. The maximum absolute atomic E-state index is 2.60. The lowest BCUT2D eigenvalue weighted by Crippen LogP contribution is -2.40. The molecule has 0 fully saturated rings. The summed E-state index contributed by atoms with van der Waals surface area (Å²) in [6.07, 6.45) is 9.29. The van der Waals surface area contributed by atoms with Crippen molar-refractivity contribution in [3.05, 3.63) is 244 Å². The summed E-state index contributed by atoms with van der Waals surface area (Å²) in [5.74, 6) is 0.482. The van der Waals surface area contributed by atoms with E-state index in [1.165, 1.54) is 110 Å². The van der Waals surface area contributed by atoms with E-state index in [4.69, 9.17) is 0 Å². The van der Waals surface area contributed by atoms with Gasteiger partial charge in [0.1, 0.15) is 0 Å². The van der Waals surface area contributed by atoms with Crippen molar-refractivity contribution in [2.75, 3.05) is 9.80 Å². The van der Waals surface area contributed by atoms with E-state index in [0.717, 1.165) is 35.6 Å². The standard InChI is InChI=1S/C80H82N4/c1-51-27-33-63(81(76-52(2)26-28-54-21-16-18-24-65(54)76)59-34-36-60(37-35-59)82-71-42-29-55(77(3,4)5)46-66(71)67-47-56(78(6,7)8)30-43-72(67)82)50-75(51)84(70-25-19-22-53-20-15-17-23-64(53)70)62-40-38-61(39-41-62)83-73-44-31-57(79(9,10)11)48-68(73)69-49-58(80(12,13)14)32-45-74(69)83/h15-25,28-52H,26-27H2,1-14H3. The topological polar surface area (TPSA) is 16.3 Å². The van der Waals surface area contributed by atoms with Crippen LogP contribution in [0.25, 0.3) is 77.5 Å². The highest BCUT2D eigenvalue weighted by Gasteiger charge is 2.31. The first-order valence-electron chi connectivity index (χ1n) is 30.7. The lowest BCUT2D eigenvalue weighted by Gasteiger charge is -2.38. The fourth-order valence-corrected chi connectivity index (χ4v) is 13.4. The van der Waals surface area contributed by atoms with Gasteiger partial charge in [0.15, 0.2) is 0 Å². The molecule has 0 bridgehead atoms. The lowest BCUT2D eigenvalue weighted by atomic mass is 9.85. The Kier molecular flexibility index (Phi) is 13.2. The van der Waals surface area contributed by atoms with Crippen molar-refractivity contribution in [2.24, 2.45) is 11.8 Å². The molecule has 2 heterocycles. The van der Waals surface area contributed by atoms with Gasteiger partial charge in [-0.3, -0.25) is 0 Å². The summed E-state index contributed by atoms with van der Waals surface area (Å²) in [6.45, 7) is 32.6. The van der Waals surface area contributed by atoms with Crippen LogP contribution in [0.1, 0.15) is 132 Å². The largest absolute Gasteiger partial charge is 0.314 e. The summed E-state index contributed by atoms with van der Waals surface area (Å²) in [7, 11) is 0. The summed E-state index contributed by atoms with van der Waals surface area (Å²) in [5, 5.41) is 10.2. The highest BCUT2D eigenvalue weighted by molar-refractivity contribution is 6.11. The lowest BCUT2D eigenvalue weighted by molar-refractivity contribution is 0.590. The third-order valence-corrected chi connectivity index (χ3v) is 18.4. The first-order valence-corrected chi connectivity index (χ1v) is 30.7. The van der Waals surface area contributed by atoms with Crippen LogP contribution in [0.3, 0.4) is 0 Å². The van der Waals surface area contributed by atoms with Crippen molar-refractivity contribution >= 4 is 83.2 Å². The summed E-state index contributed by atoms with van der Waals surface area (Å²) >= 11 is 0. The van der Waals surface area contributed by atoms with E-state index in [1.54, 1.807) is 0 Å². The molecule has 2 aliphatic rings. The second-order valence-corrected chi connectivity index (χ2v) is 28.4. The molecule has 0 radical (unpaired) electrons. The molecule has 422 valence electrons. The normalized spacial score (nSPS) is 16.1.